The molecule has 1 aliphatic carbocycles. The zero-order valence-electron chi connectivity index (χ0n) is 12.2. The highest BCUT2D eigenvalue weighted by atomic mass is 35.5. The number of ether oxygens (including phenoxy) is 1. The third kappa shape index (κ3) is 4.50. The quantitative estimate of drug-likeness (QED) is 0.549. The Morgan fingerprint density at radius 1 is 1.52 bits per heavy atom. The summed E-state index contributed by atoms with van der Waals surface area (Å²) in [6.07, 6.45) is 1.90. The second-order valence-corrected chi connectivity index (χ2v) is 6.83. The number of rotatable bonds is 7. The van der Waals surface area contributed by atoms with Gasteiger partial charge in [-0.05, 0) is 24.8 Å². The summed E-state index contributed by atoms with van der Waals surface area (Å²) in [5, 5.41) is 10.9. The average molecular weight is 370 g/mol. The highest BCUT2D eigenvalue weighted by Gasteiger charge is 2.30. The average Bonchev–Trinajstić information content (AvgIpc) is 3.28. The van der Waals surface area contributed by atoms with E-state index in [1.807, 2.05) is 0 Å². The highest BCUT2D eigenvalue weighted by Crippen LogP contribution is 2.33. The monoisotopic (exact) mass is 369 g/mol. The molecule has 0 aromatic heterocycles. The first kappa shape index (κ1) is 19.6. The van der Waals surface area contributed by atoms with Gasteiger partial charge in [0.1, 0.15) is 0 Å². The van der Waals surface area contributed by atoms with E-state index in [0.717, 1.165) is 26.0 Å². The number of methoxy groups -OCH3 is 1. The molecule has 2 rings (SSSR count). The van der Waals surface area contributed by atoms with Gasteiger partial charge in [0.15, 0.2) is 5.82 Å². The standard InChI is InChI=1S/C12H16FN3O5S.ClH/c1-21-12-9(13)4-8(5-11(12)16(17)18)22(19,20)15-6-10(14)7-2-3-7;/h4-5,7,10,15H,2-3,6,14H2,1H3;1H. The predicted molar refractivity (Wildman–Crippen MR) is 82.7 cm³/mol. The molecule has 8 nitrogen and oxygen atoms in total. The number of sulfonamides is 1. The van der Waals surface area contributed by atoms with E-state index < -0.39 is 37.1 Å². The number of benzene rings is 1. The summed E-state index contributed by atoms with van der Waals surface area (Å²) in [5.74, 6) is -1.45. The summed E-state index contributed by atoms with van der Waals surface area (Å²) in [4.78, 5) is 9.45. The Labute approximate surface area is 138 Å². The second kappa shape index (κ2) is 7.39. The van der Waals surface area contributed by atoms with Crippen molar-refractivity contribution >= 4 is 28.1 Å². The molecule has 130 valence electrons. The first-order chi connectivity index (χ1) is 10.3. The van der Waals surface area contributed by atoms with E-state index in [1.165, 1.54) is 0 Å². The SMILES string of the molecule is COc1c(F)cc(S(=O)(=O)NCC(N)C2CC2)cc1[N+](=O)[O-].Cl. The number of nitro benzene ring substituents is 1. The Kier molecular flexibility index (Phi) is 6.28. The lowest BCUT2D eigenvalue weighted by molar-refractivity contribution is -0.386. The molecule has 1 aromatic carbocycles. The van der Waals surface area contributed by atoms with Crippen molar-refractivity contribution in [3.63, 3.8) is 0 Å². The zero-order chi connectivity index (χ0) is 16.5. The minimum Gasteiger partial charge on any atom is -0.488 e. The van der Waals surface area contributed by atoms with Crippen molar-refractivity contribution in [3.05, 3.63) is 28.1 Å². The van der Waals surface area contributed by atoms with Crippen molar-refractivity contribution in [3.8, 4) is 5.75 Å². The molecule has 0 heterocycles. The van der Waals surface area contributed by atoms with Crippen LogP contribution in [0.3, 0.4) is 0 Å². The molecule has 0 spiro atoms. The van der Waals surface area contributed by atoms with E-state index >= 15 is 0 Å². The molecule has 1 aliphatic rings. The summed E-state index contributed by atoms with van der Waals surface area (Å²) in [6.45, 7) is -0.00551. The molecule has 1 atom stereocenters. The van der Waals surface area contributed by atoms with E-state index in [-0.39, 0.29) is 30.9 Å². The Hall–Kier alpha value is -1.49. The minimum absolute atomic E-state index is 0. The molecule has 0 amide bonds. The van der Waals surface area contributed by atoms with Gasteiger partial charge in [0.05, 0.1) is 16.9 Å². The summed E-state index contributed by atoms with van der Waals surface area (Å²) < 4.78 is 44.8. The van der Waals surface area contributed by atoms with Crippen LogP contribution < -0.4 is 15.2 Å². The maximum atomic E-state index is 13.8. The van der Waals surface area contributed by atoms with Crippen LogP contribution in [-0.4, -0.2) is 33.0 Å². The molecular formula is C12H17ClFN3O5S. The van der Waals surface area contributed by atoms with Crippen LogP contribution >= 0.6 is 12.4 Å². The van der Waals surface area contributed by atoms with Crippen LogP contribution in [0, 0.1) is 21.8 Å². The number of nitrogens with one attached hydrogen (secondary N) is 1. The number of hydrogen-bond donors (Lipinski definition) is 2. The van der Waals surface area contributed by atoms with Crippen molar-refractivity contribution in [1.82, 2.24) is 4.72 Å². The van der Waals surface area contributed by atoms with Crippen LogP contribution in [0.15, 0.2) is 17.0 Å². The topological polar surface area (TPSA) is 125 Å². The third-order valence-electron chi connectivity index (χ3n) is 3.45. The lowest BCUT2D eigenvalue weighted by atomic mass is 10.2. The molecule has 23 heavy (non-hydrogen) atoms. The molecule has 1 saturated carbocycles. The summed E-state index contributed by atoms with van der Waals surface area (Å²) >= 11 is 0. The molecule has 11 heteroatoms. The van der Waals surface area contributed by atoms with Gasteiger partial charge in [-0.25, -0.2) is 17.5 Å². The van der Waals surface area contributed by atoms with Gasteiger partial charge in [-0.3, -0.25) is 10.1 Å². The van der Waals surface area contributed by atoms with Crippen LogP contribution in [-0.2, 0) is 10.0 Å². The van der Waals surface area contributed by atoms with Gasteiger partial charge in [0.25, 0.3) is 0 Å². The fraction of sp³-hybridized carbons (Fsp3) is 0.500. The predicted octanol–water partition coefficient (Wildman–Crippen LogP) is 1.18. The first-order valence-corrected chi connectivity index (χ1v) is 8.01. The fourth-order valence-electron chi connectivity index (χ4n) is 2.03. The molecule has 0 saturated heterocycles. The van der Waals surface area contributed by atoms with E-state index in [0.29, 0.717) is 6.07 Å². The lowest BCUT2D eigenvalue weighted by Gasteiger charge is -2.12. The molecule has 1 fully saturated rings. The third-order valence-corrected chi connectivity index (χ3v) is 4.85. The molecule has 0 radical (unpaired) electrons. The van der Waals surface area contributed by atoms with Gasteiger partial charge >= 0.3 is 5.69 Å². The van der Waals surface area contributed by atoms with Gasteiger partial charge in [-0.2, -0.15) is 0 Å². The molecule has 1 unspecified atom stereocenters. The van der Waals surface area contributed by atoms with Gasteiger partial charge < -0.3 is 10.5 Å². The summed E-state index contributed by atoms with van der Waals surface area (Å²) in [7, 11) is -3.03. The largest absolute Gasteiger partial charge is 0.488 e. The normalized spacial score (nSPS) is 15.6. The number of hydrogen-bond acceptors (Lipinski definition) is 6. The van der Waals surface area contributed by atoms with Crippen molar-refractivity contribution in [2.45, 2.75) is 23.8 Å². The molecule has 0 aliphatic heterocycles. The van der Waals surface area contributed by atoms with Crippen molar-refractivity contribution in [2.24, 2.45) is 11.7 Å². The van der Waals surface area contributed by atoms with E-state index in [4.69, 9.17) is 5.73 Å². The zero-order valence-corrected chi connectivity index (χ0v) is 13.8. The molecule has 1 aromatic rings. The molecule has 0 bridgehead atoms. The van der Waals surface area contributed by atoms with Crippen LogP contribution in [0.4, 0.5) is 10.1 Å². The molecular weight excluding hydrogens is 353 g/mol. The van der Waals surface area contributed by atoms with E-state index in [1.54, 1.807) is 0 Å². The van der Waals surface area contributed by atoms with Crippen LogP contribution in [0.5, 0.6) is 5.75 Å². The van der Waals surface area contributed by atoms with Gasteiger partial charge in [0, 0.05) is 18.7 Å². The Balaban J connectivity index is 0.00000264. The van der Waals surface area contributed by atoms with Crippen LogP contribution in [0.1, 0.15) is 12.8 Å². The Morgan fingerprint density at radius 2 is 2.13 bits per heavy atom. The van der Waals surface area contributed by atoms with E-state index in [9.17, 15) is 22.9 Å². The van der Waals surface area contributed by atoms with Crippen molar-refractivity contribution in [2.75, 3.05) is 13.7 Å². The number of halogens is 2. The van der Waals surface area contributed by atoms with E-state index in [2.05, 4.69) is 9.46 Å². The van der Waals surface area contributed by atoms with Gasteiger partial charge in [-0.1, -0.05) is 0 Å². The van der Waals surface area contributed by atoms with Crippen molar-refractivity contribution < 1.29 is 22.5 Å². The minimum atomic E-state index is -4.09. The molecule has 3 N–H and O–H groups in total. The number of nitro groups is 1. The fourth-order valence-corrected chi connectivity index (χ4v) is 3.13. The first-order valence-electron chi connectivity index (χ1n) is 6.53. The Morgan fingerprint density at radius 3 is 2.61 bits per heavy atom. The maximum Gasteiger partial charge on any atom is 0.315 e. The van der Waals surface area contributed by atoms with Crippen LogP contribution in [0.2, 0.25) is 0 Å². The van der Waals surface area contributed by atoms with Crippen molar-refractivity contribution in [1.29, 1.82) is 0 Å². The summed E-state index contributed by atoms with van der Waals surface area (Å²) in [6, 6.07) is 1.11. The Bertz CT molecular complexity index is 696. The lowest BCUT2D eigenvalue weighted by Crippen LogP contribution is -2.38. The number of nitrogens with zero attached hydrogens (tertiary/aromatic N) is 1. The van der Waals surface area contributed by atoms with Crippen LogP contribution in [0.25, 0.3) is 0 Å². The highest BCUT2D eigenvalue weighted by molar-refractivity contribution is 7.89. The second-order valence-electron chi connectivity index (χ2n) is 5.07. The number of nitrogens with two attached hydrogens (primary N) is 1. The summed E-state index contributed by atoms with van der Waals surface area (Å²) in [5.41, 5.74) is 5.03. The van der Waals surface area contributed by atoms with Gasteiger partial charge in [0.2, 0.25) is 15.8 Å². The smallest absolute Gasteiger partial charge is 0.315 e. The van der Waals surface area contributed by atoms with Gasteiger partial charge in [-0.15, -0.1) is 12.4 Å². The maximum absolute atomic E-state index is 13.8.